The zero-order valence-corrected chi connectivity index (χ0v) is 18.3. The largest absolute Gasteiger partial charge is 0.349 e. The monoisotopic (exact) mass is 409 g/mol. The average molecular weight is 410 g/mol. The highest BCUT2D eigenvalue weighted by atomic mass is 16.2. The summed E-state index contributed by atoms with van der Waals surface area (Å²) in [4.78, 5) is 29.6. The van der Waals surface area contributed by atoms with Crippen LogP contribution in [0.2, 0.25) is 0 Å². The Hall–Kier alpha value is -1.91. The summed E-state index contributed by atoms with van der Waals surface area (Å²) in [6.45, 7) is 4.26. The molecule has 5 nitrogen and oxygen atoms in total. The van der Waals surface area contributed by atoms with Gasteiger partial charge in [0.05, 0.1) is 5.56 Å². The van der Waals surface area contributed by atoms with Gasteiger partial charge in [-0.05, 0) is 100 Å². The van der Waals surface area contributed by atoms with Crippen molar-refractivity contribution in [2.24, 2.45) is 35.5 Å². The number of carbonyl (C=O) groups excluding carboxylic acids is 2. The summed E-state index contributed by atoms with van der Waals surface area (Å²) in [5.74, 6) is 4.31. The third kappa shape index (κ3) is 3.76. The van der Waals surface area contributed by atoms with Gasteiger partial charge in [0, 0.05) is 18.3 Å². The molecule has 0 saturated heterocycles. The number of rotatable bonds is 6. The second-order valence-corrected chi connectivity index (χ2v) is 10.6. The second-order valence-electron chi connectivity index (χ2n) is 10.6. The minimum atomic E-state index is -0.132. The van der Waals surface area contributed by atoms with E-state index in [1.54, 1.807) is 18.3 Å². The molecule has 2 amide bonds. The summed E-state index contributed by atoms with van der Waals surface area (Å²) >= 11 is 0. The van der Waals surface area contributed by atoms with Crippen LogP contribution < -0.4 is 10.6 Å². The van der Waals surface area contributed by atoms with Gasteiger partial charge in [-0.3, -0.25) is 14.6 Å². The van der Waals surface area contributed by atoms with Crippen molar-refractivity contribution in [1.82, 2.24) is 15.6 Å². The third-order valence-electron chi connectivity index (χ3n) is 8.85. The number of nitrogens with zero attached hydrogens (tertiary/aromatic N) is 1. The Bertz CT molecular complexity index is 740. The smallest absolute Gasteiger partial charge is 0.270 e. The van der Waals surface area contributed by atoms with Crippen LogP contribution in [0.5, 0.6) is 0 Å². The van der Waals surface area contributed by atoms with Gasteiger partial charge >= 0.3 is 0 Å². The summed E-state index contributed by atoms with van der Waals surface area (Å²) < 4.78 is 0. The molecule has 30 heavy (non-hydrogen) atoms. The number of nitrogens with one attached hydrogen (secondary N) is 2. The maximum absolute atomic E-state index is 12.7. The lowest BCUT2D eigenvalue weighted by Gasteiger charge is -2.28. The maximum Gasteiger partial charge on any atom is 0.270 e. The van der Waals surface area contributed by atoms with E-state index in [4.69, 9.17) is 0 Å². The molecule has 1 aromatic rings. The van der Waals surface area contributed by atoms with Gasteiger partial charge in [-0.2, -0.15) is 0 Å². The highest BCUT2D eigenvalue weighted by molar-refractivity contribution is 5.96. The predicted octanol–water partition coefficient (Wildman–Crippen LogP) is 4.19. The van der Waals surface area contributed by atoms with E-state index in [0.29, 0.717) is 23.1 Å². The third-order valence-corrected chi connectivity index (χ3v) is 8.85. The predicted molar refractivity (Wildman–Crippen MR) is 116 cm³/mol. The summed E-state index contributed by atoms with van der Waals surface area (Å²) in [6, 6.07) is 3.78. The fraction of sp³-hybridized carbons (Fsp3) is 0.720. The molecule has 4 fully saturated rings. The molecule has 0 radical (unpaired) electrons. The highest BCUT2D eigenvalue weighted by Crippen LogP contribution is 2.50. The summed E-state index contributed by atoms with van der Waals surface area (Å²) in [5, 5.41) is 6.33. The van der Waals surface area contributed by atoms with Crippen molar-refractivity contribution in [2.75, 3.05) is 0 Å². The van der Waals surface area contributed by atoms with Gasteiger partial charge < -0.3 is 10.6 Å². The van der Waals surface area contributed by atoms with Crippen LogP contribution in [0.1, 0.15) is 86.1 Å². The van der Waals surface area contributed by atoms with E-state index in [-0.39, 0.29) is 23.9 Å². The van der Waals surface area contributed by atoms with Gasteiger partial charge in [-0.25, -0.2) is 0 Å². The lowest BCUT2D eigenvalue weighted by atomic mass is 9.84. The number of hydrogen-bond acceptors (Lipinski definition) is 3. The van der Waals surface area contributed by atoms with Crippen molar-refractivity contribution in [2.45, 2.75) is 77.3 Å². The van der Waals surface area contributed by atoms with Crippen LogP contribution in [0.4, 0.5) is 0 Å². The Balaban J connectivity index is 1.15. The molecule has 1 heterocycles. The molecule has 0 unspecified atom stereocenters. The molecule has 4 aliphatic carbocycles. The summed E-state index contributed by atoms with van der Waals surface area (Å²) in [6.07, 6.45) is 12.1. The zero-order valence-electron chi connectivity index (χ0n) is 18.3. The van der Waals surface area contributed by atoms with Crippen molar-refractivity contribution in [3.8, 4) is 0 Å². The van der Waals surface area contributed by atoms with Gasteiger partial charge in [0.2, 0.25) is 0 Å². The van der Waals surface area contributed by atoms with Gasteiger partial charge in [-0.15, -0.1) is 0 Å². The molecule has 1 aromatic heterocycles. The number of hydrogen-bond donors (Lipinski definition) is 2. The summed E-state index contributed by atoms with van der Waals surface area (Å²) in [5.41, 5.74) is 0.922. The second kappa shape index (κ2) is 7.97. The maximum atomic E-state index is 12.7. The van der Waals surface area contributed by atoms with E-state index in [1.165, 1.54) is 51.4 Å². The minimum Gasteiger partial charge on any atom is -0.349 e. The number of fused-ring (bicyclic) bond motifs is 4. The van der Waals surface area contributed by atoms with Crippen molar-refractivity contribution in [3.63, 3.8) is 0 Å². The van der Waals surface area contributed by atoms with E-state index < -0.39 is 0 Å². The van der Waals surface area contributed by atoms with Crippen LogP contribution in [0.25, 0.3) is 0 Å². The minimum absolute atomic E-state index is 0.0833. The van der Waals surface area contributed by atoms with Crippen molar-refractivity contribution in [1.29, 1.82) is 0 Å². The van der Waals surface area contributed by atoms with Gasteiger partial charge in [0.15, 0.2) is 0 Å². The van der Waals surface area contributed by atoms with Crippen molar-refractivity contribution < 1.29 is 9.59 Å². The normalized spacial score (nSPS) is 35.9. The fourth-order valence-corrected chi connectivity index (χ4v) is 7.26. The van der Waals surface area contributed by atoms with E-state index in [2.05, 4.69) is 29.5 Å². The topological polar surface area (TPSA) is 71.1 Å². The Kier molecular flexibility index (Phi) is 5.32. The fourth-order valence-electron chi connectivity index (χ4n) is 7.26. The number of aromatic nitrogens is 1. The van der Waals surface area contributed by atoms with Crippen LogP contribution in [0.3, 0.4) is 0 Å². The first-order valence-corrected chi connectivity index (χ1v) is 12.1. The van der Waals surface area contributed by atoms with Crippen molar-refractivity contribution >= 4 is 11.8 Å². The van der Waals surface area contributed by atoms with Crippen LogP contribution in [0.15, 0.2) is 18.3 Å². The Labute approximate surface area is 179 Å². The van der Waals surface area contributed by atoms with E-state index in [1.807, 2.05) is 0 Å². The quantitative estimate of drug-likeness (QED) is 0.740. The van der Waals surface area contributed by atoms with Crippen LogP contribution in [-0.4, -0.2) is 28.9 Å². The summed E-state index contributed by atoms with van der Waals surface area (Å²) in [7, 11) is 0. The van der Waals surface area contributed by atoms with Crippen molar-refractivity contribution in [3.05, 3.63) is 29.6 Å². The zero-order chi connectivity index (χ0) is 20.8. The molecule has 4 bridgehead atoms. The van der Waals surface area contributed by atoms with E-state index in [0.717, 1.165) is 23.7 Å². The average Bonchev–Trinajstić information content (AvgIpc) is 3.55. The molecule has 4 aliphatic rings. The molecule has 5 rings (SSSR count). The molecule has 0 aliphatic heterocycles. The molecule has 8 atom stereocenters. The lowest BCUT2D eigenvalue weighted by molar-refractivity contribution is 0.0898. The Morgan fingerprint density at radius 2 is 1.40 bits per heavy atom. The van der Waals surface area contributed by atoms with Crippen LogP contribution in [0, 0.1) is 35.5 Å². The van der Waals surface area contributed by atoms with Crippen LogP contribution >= 0.6 is 0 Å². The molecule has 0 spiro atoms. The Morgan fingerprint density at radius 1 is 0.833 bits per heavy atom. The molecular formula is C25H35N3O2. The van der Waals surface area contributed by atoms with Gasteiger partial charge in [0.25, 0.3) is 11.8 Å². The highest BCUT2D eigenvalue weighted by Gasteiger charge is 2.43. The molecule has 162 valence electrons. The van der Waals surface area contributed by atoms with E-state index in [9.17, 15) is 9.59 Å². The molecule has 0 aromatic carbocycles. The van der Waals surface area contributed by atoms with Crippen LogP contribution in [-0.2, 0) is 0 Å². The molecule has 2 N–H and O–H groups in total. The molecule has 4 saturated carbocycles. The standard InChI is InChI=1S/C25H35N3O2/c1-14(21-11-16-3-5-18(21)9-16)27-24(29)20-7-8-23(26-13-20)25(30)28-15(2)22-12-17-4-6-19(22)10-17/h7-8,13-19,21-22H,3-6,9-12H2,1-2H3,(H,27,29)(H,28,30)/t14-,15+,16+,17+,18+,19+,21-,22-/m0/s1. The van der Waals surface area contributed by atoms with Gasteiger partial charge in [0.1, 0.15) is 5.69 Å². The molecular weight excluding hydrogens is 374 g/mol. The van der Waals surface area contributed by atoms with E-state index >= 15 is 0 Å². The first-order valence-electron chi connectivity index (χ1n) is 12.1. The SMILES string of the molecule is C[C@H](NC(=O)c1ccc(C(=O)N[C@H](C)[C@@H]2C[C@@H]3CC[C@@H]2C3)nc1)[C@@H]1C[C@@H]2CC[C@@H]1C2. The first kappa shape index (κ1) is 20.0. The molecule has 5 heteroatoms. The number of amides is 2. The van der Waals surface area contributed by atoms with Gasteiger partial charge in [-0.1, -0.05) is 12.8 Å². The first-order chi connectivity index (χ1) is 14.5. The number of pyridine rings is 1. The lowest BCUT2D eigenvalue weighted by Crippen LogP contribution is -2.41. The Morgan fingerprint density at radius 3 is 1.83 bits per heavy atom. The number of carbonyl (C=O) groups is 2.